The number of ether oxygens (including phenoxy) is 1. The first-order valence-electron chi connectivity index (χ1n) is 6.09. The van der Waals surface area contributed by atoms with Gasteiger partial charge in [0.2, 0.25) is 0 Å². The summed E-state index contributed by atoms with van der Waals surface area (Å²) in [7, 11) is 0. The number of halogens is 2. The van der Waals surface area contributed by atoms with Crippen LogP contribution in [0.4, 0.5) is 0 Å². The maximum Gasteiger partial charge on any atom is 0.156 e. The Labute approximate surface area is 131 Å². The van der Waals surface area contributed by atoms with E-state index in [-0.39, 0.29) is 0 Å². The molecule has 0 aliphatic carbocycles. The number of pyridine rings is 1. The van der Waals surface area contributed by atoms with Crippen molar-refractivity contribution >= 4 is 34.1 Å². The van der Waals surface area contributed by atoms with Gasteiger partial charge >= 0.3 is 0 Å². The molecule has 0 atom stereocenters. The third-order valence-electron chi connectivity index (χ3n) is 2.90. The number of nitriles is 1. The number of nitrogens with zero attached hydrogens (tertiary/aromatic N) is 2. The fraction of sp³-hybridized carbons (Fsp3) is 0. The first-order chi connectivity index (χ1) is 10.2. The zero-order chi connectivity index (χ0) is 14.8. The van der Waals surface area contributed by atoms with E-state index < -0.39 is 0 Å². The van der Waals surface area contributed by atoms with E-state index in [0.29, 0.717) is 27.1 Å². The third-order valence-corrected chi connectivity index (χ3v) is 3.34. The van der Waals surface area contributed by atoms with Crippen LogP contribution >= 0.6 is 23.2 Å². The Kier molecular flexibility index (Phi) is 3.66. The van der Waals surface area contributed by atoms with Crippen molar-refractivity contribution in [3.05, 3.63) is 64.3 Å². The molecule has 0 amide bonds. The van der Waals surface area contributed by atoms with Crippen molar-refractivity contribution in [3.63, 3.8) is 0 Å². The predicted octanol–water partition coefficient (Wildman–Crippen LogP) is 5.21. The number of hydrogen-bond donors (Lipinski definition) is 0. The van der Waals surface area contributed by atoms with E-state index in [2.05, 4.69) is 11.1 Å². The Morgan fingerprint density at radius 1 is 1.05 bits per heavy atom. The molecule has 3 aromatic rings. The molecule has 5 heteroatoms. The van der Waals surface area contributed by atoms with Gasteiger partial charge in [-0.1, -0.05) is 35.3 Å². The summed E-state index contributed by atoms with van der Waals surface area (Å²) in [4.78, 5) is 4.23. The van der Waals surface area contributed by atoms with Crippen LogP contribution in [0.1, 0.15) is 5.56 Å². The van der Waals surface area contributed by atoms with Crippen LogP contribution in [0, 0.1) is 11.3 Å². The van der Waals surface area contributed by atoms with E-state index in [1.54, 1.807) is 18.2 Å². The summed E-state index contributed by atoms with van der Waals surface area (Å²) < 4.78 is 5.84. The third kappa shape index (κ3) is 2.78. The summed E-state index contributed by atoms with van der Waals surface area (Å²) >= 11 is 11.9. The predicted molar refractivity (Wildman–Crippen MR) is 83.0 cm³/mol. The smallest absolute Gasteiger partial charge is 0.156 e. The minimum Gasteiger partial charge on any atom is -0.455 e. The summed E-state index contributed by atoms with van der Waals surface area (Å²) in [5.74, 6) is 0.918. The second kappa shape index (κ2) is 5.61. The van der Waals surface area contributed by atoms with E-state index in [4.69, 9.17) is 27.9 Å². The fourth-order valence-corrected chi connectivity index (χ4v) is 2.52. The van der Waals surface area contributed by atoms with E-state index in [1.807, 2.05) is 24.3 Å². The molecule has 0 bridgehead atoms. The van der Waals surface area contributed by atoms with E-state index in [0.717, 1.165) is 10.9 Å². The van der Waals surface area contributed by atoms with E-state index in [9.17, 15) is 5.26 Å². The number of aromatic nitrogens is 1. The molecule has 1 aromatic heterocycles. The van der Waals surface area contributed by atoms with Gasteiger partial charge in [-0.25, -0.2) is 0 Å². The van der Waals surface area contributed by atoms with Crippen molar-refractivity contribution in [2.24, 2.45) is 0 Å². The van der Waals surface area contributed by atoms with Crippen LogP contribution in [-0.4, -0.2) is 4.98 Å². The molecule has 0 spiro atoms. The number of benzene rings is 2. The highest BCUT2D eigenvalue weighted by Gasteiger charge is 2.11. The van der Waals surface area contributed by atoms with Gasteiger partial charge in [-0.15, -0.1) is 0 Å². The number of hydrogen-bond acceptors (Lipinski definition) is 3. The lowest BCUT2D eigenvalue weighted by Crippen LogP contribution is -1.92. The SMILES string of the molecule is N#Cc1cnc2ccccc2c1Oc1cc(Cl)cc(Cl)c1. The van der Waals surface area contributed by atoms with Crippen molar-refractivity contribution in [3.8, 4) is 17.6 Å². The summed E-state index contributed by atoms with van der Waals surface area (Å²) in [5.41, 5.74) is 1.10. The number of para-hydroxylation sites is 1. The molecule has 0 N–H and O–H groups in total. The quantitative estimate of drug-likeness (QED) is 0.652. The normalized spacial score (nSPS) is 10.3. The van der Waals surface area contributed by atoms with Gasteiger partial charge in [0.15, 0.2) is 5.75 Å². The Morgan fingerprint density at radius 2 is 1.76 bits per heavy atom. The molecule has 3 rings (SSSR count). The molecule has 21 heavy (non-hydrogen) atoms. The van der Waals surface area contributed by atoms with Gasteiger partial charge in [-0.05, 0) is 30.3 Å². The average Bonchev–Trinajstić information content (AvgIpc) is 2.46. The molecule has 0 aliphatic rings. The summed E-state index contributed by atoms with van der Waals surface area (Å²) in [5, 5.41) is 10.9. The summed E-state index contributed by atoms with van der Waals surface area (Å²) in [6.45, 7) is 0. The van der Waals surface area contributed by atoms with Gasteiger partial charge in [-0.2, -0.15) is 5.26 Å². The molecule has 0 aliphatic heterocycles. The Morgan fingerprint density at radius 3 is 2.48 bits per heavy atom. The Balaban J connectivity index is 2.17. The molecule has 0 unspecified atom stereocenters. The number of rotatable bonds is 2. The van der Waals surface area contributed by atoms with Crippen LogP contribution in [0.2, 0.25) is 10.0 Å². The molecule has 1 heterocycles. The van der Waals surface area contributed by atoms with Gasteiger partial charge in [-0.3, -0.25) is 4.98 Å². The average molecular weight is 315 g/mol. The molecule has 0 radical (unpaired) electrons. The lowest BCUT2D eigenvalue weighted by Gasteiger charge is -2.11. The topological polar surface area (TPSA) is 45.9 Å². The molecule has 0 saturated heterocycles. The van der Waals surface area contributed by atoms with Crippen LogP contribution in [0.3, 0.4) is 0 Å². The lowest BCUT2D eigenvalue weighted by atomic mass is 10.1. The maximum absolute atomic E-state index is 9.24. The van der Waals surface area contributed by atoms with Gasteiger partial charge in [0, 0.05) is 21.6 Å². The van der Waals surface area contributed by atoms with Crippen molar-refractivity contribution < 1.29 is 4.74 Å². The van der Waals surface area contributed by atoms with Crippen molar-refractivity contribution in [2.75, 3.05) is 0 Å². The highest BCUT2D eigenvalue weighted by atomic mass is 35.5. The van der Waals surface area contributed by atoms with Crippen LogP contribution in [0.25, 0.3) is 10.9 Å². The second-order valence-corrected chi connectivity index (χ2v) is 5.21. The largest absolute Gasteiger partial charge is 0.455 e. The first-order valence-corrected chi connectivity index (χ1v) is 6.85. The van der Waals surface area contributed by atoms with E-state index >= 15 is 0 Å². The van der Waals surface area contributed by atoms with Gasteiger partial charge in [0.25, 0.3) is 0 Å². The van der Waals surface area contributed by atoms with E-state index in [1.165, 1.54) is 6.20 Å². The van der Waals surface area contributed by atoms with Crippen LogP contribution < -0.4 is 4.74 Å². The molecular formula is C16H8Cl2N2O. The van der Waals surface area contributed by atoms with Gasteiger partial charge < -0.3 is 4.74 Å². The zero-order valence-electron chi connectivity index (χ0n) is 10.7. The van der Waals surface area contributed by atoms with Crippen molar-refractivity contribution in [1.29, 1.82) is 5.26 Å². The van der Waals surface area contributed by atoms with Crippen LogP contribution in [0.15, 0.2) is 48.7 Å². The van der Waals surface area contributed by atoms with Gasteiger partial charge in [0.1, 0.15) is 17.4 Å². The lowest BCUT2D eigenvalue weighted by molar-refractivity contribution is 0.486. The molecule has 3 nitrogen and oxygen atoms in total. The maximum atomic E-state index is 9.24. The highest BCUT2D eigenvalue weighted by molar-refractivity contribution is 6.34. The minimum atomic E-state index is 0.352. The number of fused-ring (bicyclic) bond motifs is 1. The van der Waals surface area contributed by atoms with Crippen molar-refractivity contribution in [1.82, 2.24) is 4.98 Å². The van der Waals surface area contributed by atoms with Crippen molar-refractivity contribution in [2.45, 2.75) is 0 Å². The molecular weight excluding hydrogens is 307 g/mol. The van der Waals surface area contributed by atoms with Gasteiger partial charge in [0.05, 0.1) is 5.52 Å². The monoisotopic (exact) mass is 314 g/mol. The van der Waals surface area contributed by atoms with Crippen LogP contribution in [-0.2, 0) is 0 Å². The second-order valence-electron chi connectivity index (χ2n) is 4.34. The molecule has 0 saturated carbocycles. The highest BCUT2D eigenvalue weighted by Crippen LogP contribution is 2.34. The molecule has 102 valence electrons. The minimum absolute atomic E-state index is 0.352. The summed E-state index contributed by atoms with van der Waals surface area (Å²) in [6.07, 6.45) is 1.49. The fourth-order valence-electron chi connectivity index (χ4n) is 2.01. The Bertz CT molecular complexity index is 852. The zero-order valence-corrected chi connectivity index (χ0v) is 12.2. The Hall–Kier alpha value is -2.28. The first kappa shape index (κ1) is 13.7. The summed E-state index contributed by atoms with van der Waals surface area (Å²) in [6, 6.07) is 14.4. The molecule has 0 fully saturated rings. The standard InChI is InChI=1S/C16H8Cl2N2O/c17-11-5-12(18)7-13(6-11)21-16-10(8-19)9-20-15-4-2-1-3-14(15)16/h1-7,9H. The van der Waals surface area contributed by atoms with Crippen LogP contribution in [0.5, 0.6) is 11.5 Å². The molecule has 2 aromatic carbocycles.